The zero-order chi connectivity index (χ0) is 16.4. The first kappa shape index (κ1) is 21.4. The first-order valence-corrected chi connectivity index (χ1v) is 7.55. The number of nitrogens with one attached hydrogen (secondary N) is 1. The van der Waals surface area contributed by atoms with E-state index in [1.165, 1.54) is 37.5 Å². The molecule has 7 heteroatoms. The molecular weight excluding hydrogens is 352 g/mol. The normalized spacial score (nSPS) is 9.78. The van der Waals surface area contributed by atoms with Crippen molar-refractivity contribution in [3.05, 3.63) is 23.8 Å². The molecule has 1 aromatic rings. The number of amides is 1. The predicted molar refractivity (Wildman–Crippen MR) is 83.4 cm³/mol. The topological polar surface area (TPSA) is 95.9 Å². The van der Waals surface area contributed by atoms with Gasteiger partial charge in [-0.25, -0.2) is 9.59 Å². The molecule has 0 unspecified atom stereocenters. The first-order chi connectivity index (χ1) is 10.6. The Kier molecular flexibility index (Phi) is 11.1. The number of anilines is 1. The van der Waals surface area contributed by atoms with Gasteiger partial charge < -0.3 is 14.9 Å². The fraction of sp³-hybridized carbons (Fsp3) is 0.500. The van der Waals surface area contributed by atoms with E-state index in [0.717, 1.165) is 19.3 Å². The Balaban J connectivity index is 0.00000484. The van der Waals surface area contributed by atoms with E-state index in [2.05, 4.69) is 12.2 Å². The van der Waals surface area contributed by atoms with Crippen molar-refractivity contribution in [3.63, 3.8) is 0 Å². The Labute approximate surface area is 149 Å². The summed E-state index contributed by atoms with van der Waals surface area (Å²) >= 11 is 0. The maximum Gasteiger partial charge on any atom is 0.411 e. The third-order valence-electron chi connectivity index (χ3n) is 3.23. The van der Waals surface area contributed by atoms with Crippen molar-refractivity contribution in [2.45, 2.75) is 45.4 Å². The average molecular weight is 375 g/mol. The number of aromatic carboxylic acids is 1. The van der Waals surface area contributed by atoms with Gasteiger partial charge in [0.05, 0.1) is 12.3 Å². The SMILES string of the molecule is CCCCCCCCOC(=O)Nc1cccc(C(=O)O)c1O.[Zn]. The van der Waals surface area contributed by atoms with E-state index in [0.29, 0.717) is 6.61 Å². The molecule has 124 valence electrons. The number of para-hydroxylation sites is 1. The van der Waals surface area contributed by atoms with Gasteiger partial charge in [0.15, 0.2) is 5.75 Å². The number of benzene rings is 1. The van der Waals surface area contributed by atoms with Gasteiger partial charge in [0.25, 0.3) is 0 Å². The number of hydrogen-bond donors (Lipinski definition) is 3. The zero-order valence-electron chi connectivity index (χ0n) is 13.5. The number of carboxylic acids is 1. The summed E-state index contributed by atoms with van der Waals surface area (Å²) in [7, 11) is 0. The van der Waals surface area contributed by atoms with Crippen LogP contribution in [-0.4, -0.2) is 28.9 Å². The van der Waals surface area contributed by atoms with Gasteiger partial charge >= 0.3 is 12.1 Å². The van der Waals surface area contributed by atoms with E-state index in [4.69, 9.17) is 9.84 Å². The van der Waals surface area contributed by atoms with Crippen molar-refractivity contribution < 1.29 is 44.0 Å². The second-order valence-corrected chi connectivity index (χ2v) is 5.04. The summed E-state index contributed by atoms with van der Waals surface area (Å²) < 4.78 is 5.00. The van der Waals surface area contributed by atoms with Crippen LogP contribution in [-0.2, 0) is 24.2 Å². The van der Waals surface area contributed by atoms with E-state index in [1.54, 1.807) is 0 Å². The predicted octanol–water partition coefficient (Wildman–Crippen LogP) is 4.00. The van der Waals surface area contributed by atoms with Gasteiger partial charge in [-0.05, 0) is 18.6 Å². The number of carbonyl (C=O) groups is 2. The number of ether oxygens (including phenoxy) is 1. The second-order valence-electron chi connectivity index (χ2n) is 5.04. The van der Waals surface area contributed by atoms with Crippen LogP contribution in [0.4, 0.5) is 10.5 Å². The average Bonchev–Trinajstić information content (AvgIpc) is 2.48. The van der Waals surface area contributed by atoms with Crippen molar-refractivity contribution in [2.75, 3.05) is 11.9 Å². The van der Waals surface area contributed by atoms with E-state index < -0.39 is 17.8 Å². The molecule has 0 aliphatic heterocycles. The minimum Gasteiger partial charge on any atom is -0.505 e. The number of hydrogen-bond acceptors (Lipinski definition) is 4. The van der Waals surface area contributed by atoms with Crippen molar-refractivity contribution in [1.82, 2.24) is 0 Å². The van der Waals surface area contributed by atoms with Crippen LogP contribution < -0.4 is 5.32 Å². The Bertz CT molecular complexity index is 507. The molecule has 3 N–H and O–H groups in total. The fourth-order valence-electron chi connectivity index (χ4n) is 2.01. The summed E-state index contributed by atoms with van der Waals surface area (Å²) in [5.74, 6) is -1.74. The summed E-state index contributed by atoms with van der Waals surface area (Å²) in [6.45, 7) is 2.46. The minimum atomic E-state index is -1.26. The van der Waals surface area contributed by atoms with Crippen LogP contribution in [0.2, 0.25) is 0 Å². The van der Waals surface area contributed by atoms with E-state index in [9.17, 15) is 14.7 Å². The smallest absolute Gasteiger partial charge is 0.411 e. The summed E-state index contributed by atoms with van der Waals surface area (Å²) in [4.78, 5) is 22.5. The van der Waals surface area contributed by atoms with Crippen molar-refractivity contribution in [2.24, 2.45) is 0 Å². The second kappa shape index (κ2) is 11.9. The molecule has 0 aliphatic carbocycles. The monoisotopic (exact) mass is 373 g/mol. The molecule has 0 aromatic heterocycles. The van der Waals surface area contributed by atoms with Crippen molar-refractivity contribution in [1.29, 1.82) is 0 Å². The molecule has 0 bridgehead atoms. The standard InChI is InChI=1S/C16H23NO5.Zn/c1-2-3-4-5-6-7-11-22-16(21)17-13-10-8-9-12(14(13)18)15(19)20;/h8-10,18H,2-7,11H2,1H3,(H,17,21)(H,19,20);. The number of carbonyl (C=O) groups excluding carboxylic acids is 1. The molecule has 1 aromatic carbocycles. The van der Waals surface area contributed by atoms with Crippen LogP contribution in [0.15, 0.2) is 18.2 Å². The minimum absolute atomic E-state index is 0. The van der Waals surface area contributed by atoms with Gasteiger partial charge in [-0.3, -0.25) is 5.32 Å². The molecule has 1 amide bonds. The molecule has 0 fully saturated rings. The molecule has 0 atom stereocenters. The Hall–Kier alpha value is -1.62. The zero-order valence-corrected chi connectivity index (χ0v) is 16.5. The number of unbranched alkanes of at least 4 members (excludes halogenated alkanes) is 5. The van der Waals surface area contributed by atoms with Crippen LogP contribution in [0, 0.1) is 0 Å². The van der Waals surface area contributed by atoms with Gasteiger partial charge in [0, 0.05) is 19.5 Å². The van der Waals surface area contributed by atoms with Crippen molar-refractivity contribution in [3.8, 4) is 5.75 Å². The molecule has 23 heavy (non-hydrogen) atoms. The maximum absolute atomic E-state index is 11.6. The molecule has 0 saturated carbocycles. The van der Waals surface area contributed by atoms with Crippen LogP contribution in [0.3, 0.4) is 0 Å². The van der Waals surface area contributed by atoms with E-state index >= 15 is 0 Å². The molecule has 6 nitrogen and oxygen atoms in total. The largest absolute Gasteiger partial charge is 0.505 e. The third-order valence-corrected chi connectivity index (χ3v) is 3.23. The Morgan fingerprint density at radius 2 is 1.78 bits per heavy atom. The van der Waals surface area contributed by atoms with Crippen LogP contribution >= 0.6 is 0 Å². The molecule has 0 aliphatic rings. The first-order valence-electron chi connectivity index (χ1n) is 7.55. The maximum atomic E-state index is 11.6. The van der Waals surface area contributed by atoms with Gasteiger partial charge in [-0.15, -0.1) is 0 Å². The molecule has 1 rings (SSSR count). The number of phenols is 1. The number of aromatic hydroxyl groups is 1. The van der Waals surface area contributed by atoms with Gasteiger partial charge in [-0.1, -0.05) is 45.1 Å². The summed E-state index contributed by atoms with van der Waals surface area (Å²) in [5.41, 5.74) is -0.249. The van der Waals surface area contributed by atoms with E-state index in [1.807, 2.05) is 0 Å². The third kappa shape index (κ3) is 7.98. The molecule has 0 heterocycles. The molecule has 0 spiro atoms. The Morgan fingerprint density at radius 3 is 2.43 bits per heavy atom. The van der Waals surface area contributed by atoms with Gasteiger partial charge in [0.1, 0.15) is 5.56 Å². The number of rotatable bonds is 9. The summed E-state index contributed by atoms with van der Waals surface area (Å²) in [6, 6.07) is 4.10. The summed E-state index contributed by atoms with van der Waals surface area (Å²) in [5, 5.41) is 21.0. The van der Waals surface area contributed by atoms with Gasteiger partial charge in [0.2, 0.25) is 0 Å². The summed E-state index contributed by atoms with van der Waals surface area (Å²) in [6.07, 6.45) is 5.83. The molecular formula is C16H23NO5Zn. The fourth-order valence-corrected chi connectivity index (χ4v) is 2.01. The molecule has 0 saturated heterocycles. The Morgan fingerprint density at radius 1 is 1.13 bits per heavy atom. The van der Waals surface area contributed by atoms with Crippen LogP contribution in [0.5, 0.6) is 5.75 Å². The van der Waals surface area contributed by atoms with Crippen LogP contribution in [0.25, 0.3) is 0 Å². The quantitative estimate of drug-likeness (QED) is 0.345. The van der Waals surface area contributed by atoms with Crippen LogP contribution in [0.1, 0.15) is 55.8 Å². The van der Waals surface area contributed by atoms with Crippen molar-refractivity contribution >= 4 is 17.7 Å². The van der Waals surface area contributed by atoms with Gasteiger partial charge in [-0.2, -0.15) is 0 Å². The van der Waals surface area contributed by atoms with E-state index in [-0.39, 0.29) is 30.7 Å². The molecule has 0 radical (unpaired) electrons. The number of carboxylic acid groups (broad SMARTS) is 1.